The van der Waals surface area contributed by atoms with Crippen molar-refractivity contribution in [2.24, 2.45) is 11.7 Å². The predicted molar refractivity (Wildman–Crippen MR) is 63.6 cm³/mol. The maximum absolute atomic E-state index is 12.7. The van der Waals surface area contributed by atoms with Crippen molar-refractivity contribution < 1.29 is 9.18 Å². The molecule has 1 fully saturated rings. The number of nitrogens with zero attached hydrogens (tertiary/aromatic N) is 1. The van der Waals surface area contributed by atoms with Gasteiger partial charge in [0.25, 0.3) is 0 Å². The van der Waals surface area contributed by atoms with E-state index in [0.29, 0.717) is 0 Å². The average molecular weight is 236 g/mol. The number of amides is 1. The van der Waals surface area contributed by atoms with E-state index in [2.05, 4.69) is 4.90 Å². The molecule has 1 aliphatic rings. The van der Waals surface area contributed by atoms with Crippen molar-refractivity contribution in [1.82, 2.24) is 4.90 Å². The van der Waals surface area contributed by atoms with Gasteiger partial charge in [-0.15, -0.1) is 0 Å². The van der Waals surface area contributed by atoms with Crippen LogP contribution < -0.4 is 5.73 Å². The van der Waals surface area contributed by atoms with Crippen LogP contribution in [0.5, 0.6) is 0 Å². The lowest BCUT2D eigenvalue weighted by molar-refractivity contribution is -0.123. The molecule has 2 N–H and O–H groups in total. The lowest BCUT2D eigenvalue weighted by Crippen LogP contribution is -2.38. The van der Waals surface area contributed by atoms with Crippen molar-refractivity contribution in [3.05, 3.63) is 35.6 Å². The highest BCUT2D eigenvalue weighted by molar-refractivity contribution is 5.76. The summed E-state index contributed by atoms with van der Waals surface area (Å²) >= 11 is 0. The van der Waals surface area contributed by atoms with Gasteiger partial charge in [-0.3, -0.25) is 9.69 Å². The number of halogens is 1. The van der Waals surface area contributed by atoms with Crippen LogP contribution in [0, 0.1) is 11.7 Å². The van der Waals surface area contributed by atoms with Crippen LogP contribution in [0.4, 0.5) is 4.39 Å². The van der Waals surface area contributed by atoms with Crippen LogP contribution in [-0.2, 0) is 11.3 Å². The highest BCUT2D eigenvalue weighted by Gasteiger charge is 2.22. The number of carbonyl (C=O) groups excluding carboxylic acids is 1. The molecular formula is C13H17FN2O. The van der Waals surface area contributed by atoms with Gasteiger partial charge < -0.3 is 5.73 Å². The number of primary amides is 1. The number of likely N-dealkylation sites (tertiary alicyclic amines) is 1. The first kappa shape index (κ1) is 12.0. The quantitative estimate of drug-likeness (QED) is 0.865. The molecule has 0 bridgehead atoms. The standard InChI is InChI=1S/C13H17FN2O/c14-12-3-1-10(2-4-12)9-16-7-5-11(6-8-16)13(15)17/h1-4,11H,5-9H2,(H2,15,17). The number of benzene rings is 1. The predicted octanol–water partition coefficient (Wildman–Crippen LogP) is 1.52. The second-order valence-corrected chi connectivity index (χ2v) is 4.58. The van der Waals surface area contributed by atoms with Crippen molar-refractivity contribution in [3.63, 3.8) is 0 Å². The summed E-state index contributed by atoms with van der Waals surface area (Å²) in [5, 5.41) is 0. The number of piperidine rings is 1. The maximum atomic E-state index is 12.7. The van der Waals surface area contributed by atoms with Crippen molar-refractivity contribution in [2.75, 3.05) is 13.1 Å². The van der Waals surface area contributed by atoms with E-state index < -0.39 is 0 Å². The van der Waals surface area contributed by atoms with Crippen molar-refractivity contribution in [3.8, 4) is 0 Å². The zero-order chi connectivity index (χ0) is 12.3. The van der Waals surface area contributed by atoms with E-state index in [1.54, 1.807) is 12.1 Å². The lowest BCUT2D eigenvalue weighted by Gasteiger charge is -2.30. The molecule has 3 nitrogen and oxygen atoms in total. The van der Waals surface area contributed by atoms with Gasteiger partial charge in [-0.05, 0) is 43.6 Å². The van der Waals surface area contributed by atoms with E-state index in [1.807, 2.05) is 0 Å². The summed E-state index contributed by atoms with van der Waals surface area (Å²) in [6.07, 6.45) is 1.66. The first-order valence-electron chi connectivity index (χ1n) is 5.91. The Labute approximate surface area is 100 Å². The minimum absolute atomic E-state index is 0.0273. The SMILES string of the molecule is NC(=O)C1CCN(Cc2ccc(F)cc2)CC1. The molecule has 0 spiro atoms. The summed E-state index contributed by atoms with van der Waals surface area (Å²) in [6.45, 7) is 2.57. The maximum Gasteiger partial charge on any atom is 0.220 e. The molecule has 92 valence electrons. The van der Waals surface area contributed by atoms with Gasteiger partial charge in [-0.1, -0.05) is 12.1 Å². The fourth-order valence-electron chi connectivity index (χ4n) is 2.22. The average Bonchev–Trinajstić information content (AvgIpc) is 2.33. The van der Waals surface area contributed by atoms with Crippen LogP contribution in [0.3, 0.4) is 0 Å². The number of hydrogen-bond acceptors (Lipinski definition) is 2. The summed E-state index contributed by atoms with van der Waals surface area (Å²) in [5.74, 6) is -0.368. The molecule has 0 radical (unpaired) electrons. The Morgan fingerprint density at radius 3 is 2.41 bits per heavy atom. The highest BCUT2D eigenvalue weighted by atomic mass is 19.1. The molecule has 0 unspecified atom stereocenters. The van der Waals surface area contributed by atoms with E-state index in [0.717, 1.165) is 38.0 Å². The van der Waals surface area contributed by atoms with Crippen LogP contribution in [0.15, 0.2) is 24.3 Å². The highest BCUT2D eigenvalue weighted by Crippen LogP contribution is 2.18. The van der Waals surface area contributed by atoms with Crippen LogP contribution in [-0.4, -0.2) is 23.9 Å². The summed E-state index contributed by atoms with van der Waals surface area (Å²) < 4.78 is 12.7. The zero-order valence-corrected chi connectivity index (χ0v) is 9.73. The lowest BCUT2D eigenvalue weighted by atomic mass is 9.96. The molecule has 1 aromatic rings. The summed E-state index contributed by atoms with van der Waals surface area (Å²) in [6, 6.07) is 6.56. The van der Waals surface area contributed by atoms with Gasteiger partial charge in [0.1, 0.15) is 5.82 Å². The smallest absolute Gasteiger partial charge is 0.220 e. The van der Waals surface area contributed by atoms with E-state index in [-0.39, 0.29) is 17.6 Å². The van der Waals surface area contributed by atoms with E-state index >= 15 is 0 Å². The van der Waals surface area contributed by atoms with Crippen molar-refractivity contribution in [1.29, 1.82) is 0 Å². The molecule has 0 aliphatic carbocycles. The van der Waals surface area contributed by atoms with Crippen molar-refractivity contribution in [2.45, 2.75) is 19.4 Å². The second-order valence-electron chi connectivity index (χ2n) is 4.58. The minimum Gasteiger partial charge on any atom is -0.369 e. The van der Waals surface area contributed by atoms with E-state index in [9.17, 15) is 9.18 Å². The van der Waals surface area contributed by atoms with Gasteiger partial charge in [-0.25, -0.2) is 4.39 Å². The fourth-order valence-corrected chi connectivity index (χ4v) is 2.22. The molecule has 2 rings (SSSR count). The van der Waals surface area contributed by atoms with Gasteiger partial charge in [0.05, 0.1) is 0 Å². The molecule has 1 heterocycles. The molecule has 1 saturated heterocycles. The first-order chi connectivity index (χ1) is 8.15. The minimum atomic E-state index is -0.207. The second kappa shape index (κ2) is 5.27. The summed E-state index contributed by atoms with van der Waals surface area (Å²) in [4.78, 5) is 13.3. The number of rotatable bonds is 3. The van der Waals surface area contributed by atoms with Crippen LogP contribution >= 0.6 is 0 Å². The Morgan fingerprint density at radius 2 is 1.88 bits per heavy atom. The number of carbonyl (C=O) groups is 1. The van der Waals surface area contributed by atoms with Crippen LogP contribution in [0.2, 0.25) is 0 Å². The molecule has 0 atom stereocenters. The number of hydrogen-bond donors (Lipinski definition) is 1. The van der Waals surface area contributed by atoms with Gasteiger partial charge in [0.15, 0.2) is 0 Å². The van der Waals surface area contributed by atoms with Gasteiger partial charge >= 0.3 is 0 Å². The molecule has 1 amide bonds. The Balaban J connectivity index is 1.85. The largest absolute Gasteiger partial charge is 0.369 e. The Morgan fingerprint density at radius 1 is 1.29 bits per heavy atom. The molecular weight excluding hydrogens is 219 g/mol. The van der Waals surface area contributed by atoms with Gasteiger partial charge in [0, 0.05) is 12.5 Å². The molecule has 4 heteroatoms. The molecule has 1 aliphatic heterocycles. The fraction of sp³-hybridized carbons (Fsp3) is 0.462. The first-order valence-corrected chi connectivity index (χ1v) is 5.91. The molecule has 0 saturated carbocycles. The van der Waals surface area contributed by atoms with Gasteiger partial charge in [-0.2, -0.15) is 0 Å². The molecule has 0 aromatic heterocycles. The van der Waals surface area contributed by atoms with Crippen LogP contribution in [0.1, 0.15) is 18.4 Å². The summed E-state index contributed by atoms with van der Waals surface area (Å²) in [7, 11) is 0. The third-order valence-corrected chi connectivity index (χ3v) is 3.31. The number of nitrogens with two attached hydrogens (primary N) is 1. The topological polar surface area (TPSA) is 46.3 Å². The third-order valence-electron chi connectivity index (χ3n) is 3.31. The normalized spacial score (nSPS) is 18.2. The van der Waals surface area contributed by atoms with Crippen LogP contribution in [0.25, 0.3) is 0 Å². The Kier molecular flexibility index (Phi) is 3.74. The monoisotopic (exact) mass is 236 g/mol. The zero-order valence-electron chi connectivity index (χ0n) is 9.73. The molecule has 17 heavy (non-hydrogen) atoms. The van der Waals surface area contributed by atoms with E-state index in [4.69, 9.17) is 5.73 Å². The third kappa shape index (κ3) is 3.27. The molecule has 1 aromatic carbocycles. The Bertz CT molecular complexity index is 383. The summed E-state index contributed by atoms with van der Waals surface area (Å²) in [5.41, 5.74) is 6.38. The van der Waals surface area contributed by atoms with Gasteiger partial charge in [0.2, 0.25) is 5.91 Å². The van der Waals surface area contributed by atoms with Crippen molar-refractivity contribution >= 4 is 5.91 Å². The Hall–Kier alpha value is -1.42. The van der Waals surface area contributed by atoms with E-state index in [1.165, 1.54) is 12.1 Å².